The molecule has 0 fully saturated rings. The van der Waals surface area contributed by atoms with E-state index in [1.54, 1.807) is 0 Å². The number of para-hydroxylation sites is 1. The van der Waals surface area contributed by atoms with Gasteiger partial charge in [0, 0.05) is 6.42 Å². The third-order valence-corrected chi connectivity index (χ3v) is 4.44. The summed E-state index contributed by atoms with van der Waals surface area (Å²) in [4.78, 5) is 16.4. The second-order valence-electron chi connectivity index (χ2n) is 5.39. The average molecular weight is 356 g/mol. The van der Waals surface area contributed by atoms with Crippen molar-refractivity contribution in [2.75, 3.05) is 18.5 Å². The van der Waals surface area contributed by atoms with Crippen LogP contribution in [0.15, 0.2) is 48.5 Å². The molecule has 1 N–H and O–H groups in total. The summed E-state index contributed by atoms with van der Waals surface area (Å²) in [5.41, 5.74) is 0.904. The largest absolute Gasteiger partial charge is 0.494 e. The number of nitrogens with one attached hydrogen (secondary N) is 1. The van der Waals surface area contributed by atoms with Crippen LogP contribution in [-0.2, 0) is 4.79 Å². The molecule has 0 aliphatic carbocycles. The number of hydrogen-bond acceptors (Lipinski definition) is 5. The van der Waals surface area contributed by atoms with Gasteiger partial charge in [-0.05, 0) is 49.7 Å². The van der Waals surface area contributed by atoms with E-state index in [0.717, 1.165) is 21.7 Å². The molecule has 1 heterocycles. The van der Waals surface area contributed by atoms with E-state index in [4.69, 9.17) is 9.47 Å². The fourth-order valence-corrected chi connectivity index (χ4v) is 3.21. The summed E-state index contributed by atoms with van der Waals surface area (Å²) < 4.78 is 12.1. The van der Waals surface area contributed by atoms with Crippen molar-refractivity contribution in [1.29, 1.82) is 0 Å². The van der Waals surface area contributed by atoms with Crippen molar-refractivity contribution in [3.8, 4) is 11.5 Å². The van der Waals surface area contributed by atoms with Gasteiger partial charge in [-0.3, -0.25) is 4.79 Å². The van der Waals surface area contributed by atoms with E-state index in [0.29, 0.717) is 31.2 Å². The van der Waals surface area contributed by atoms with Crippen LogP contribution >= 0.6 is 11.3 Å². The average Bonchev–Trinajstić information content (AvgIpc) is 3.02. The standard InChI is InChI=1S/C19H20N2O3S/c1-2-23-14-9-11-15(12-10-14)24-13-5-8-18(22)21-19-20-16-6-3-4-7-17(16)25-19/h3-4,6-7,9-12H,2,5,8,13H2,1H3,(H,20,21,22). The smallest absolute Gasteiger partial charge is 0.226 e. The zero-order chi connectivity index (χ0) is 17.5. The number of anilines is 1. The molecule has 2 aromatic carbocycles. The third-order valence-electron chi connectivity index (χ3n) is 3.49. The van der Waals surface area contributed by atoms with E-state index in [-0.39, 0.29) is 5.91 Å². The summed E-state index contributed by atoms with van der Waals surface area (Å²) in [7, 11) is 0. The monoisotopic (exact) mass is 356 g/mol. The highest BCUT2D eigenvalue weighted by molar-refractivity contribution is 7.22. The van der Waals surface area contributed by atoms with Crippen LogP contribution < -0.4 is 14.8 Å². The van der Waals surface area contributed by atoms with Crippen LogP contribution in [0.4, 0.5) is 5.13 Å². The molecule has 25 heavy (non-hydrogen) atoms. The van der Waals surface area contributed by atoms with E-state index < -0.39 is 0 Å². The molecule has 1 aromatic heterocycles. The number of aromatic nitrogens is 1. The van der Waals surface area contributed by atoms with E-state index in [1.165, 1.54) is 11.3 Å². The van der Waals surface area contributed by atoms with Crippen molar-refractivity contribution < 1.29 is 14.3 Å². The molecule has 130 valence electrons. The number of carbonyl (C=O) groups is 1. The highest BCUT2D eigenvalue weighted by Crippen LogP contribution is 2.25. The number of nitrogens with zero attached hydrogens (tertiary/aromatic N) is 1. The Morgan fingerprint density at radius 1 is 1.08 bits per heavy atom. The minimum Gasteiger partial charge on any atom is -0.494 e. The van der Waals surface area contributed by atoms with Gasteiger partial charge in [0.15, 0.2) is 5.13 Å². The maximum Gasteiger partial charge on any atom is 0.226 e. The Kier molecular flexibility index (Phi) is 5.85. The van der Waals surface area contributed by atoms with Crippen molar-refractivity contribution in [1.82, 2.24) is 4.98 Å². The van der Waals surface area contributed by atoms with Gasteiger partial charge in [-0.1, -0.05) is 23.5 Å². The lowest BCUT2D eigenvalue weighted by Crippen LogP contribution is -2.12. The predicted octanol–water partition coefficient (Wildman–Crippen LogP) is 4.49. The Bertz CT molecular complexity index is 797. The van der Waals surface area contributed by atoms with Crippen LogP contribution in [0.3, 0.4) is 0 Å². The lowest BCUT2D eigenvalue weighted by atomic mass is 10.3. The summed E-state index contributed by atoms with van der Waals surface area (Å²) in [6.45, 7) is 3.08. The Balaban J connectivity index is 1.40. The fourth-order valence-electron chi connectivity index (χ4n) is 2.33. The molecule has 0 spiro atoms. The molecule has 0 atom stereocenters. The van der Waals surface area contributed by atoms with Gasteiger partial charge in [0.2, 0.25) is 5.91 Å². The minimum atomic E-state index is -0.0469. The van der Waals surface area contributed by atoms with E-state index >= 15 is 0 Å². The number of thiazole rings is 1. The molecule has 5 nitrogen and oxygen atoms in total. The SMILES string of the molecule is CCOc1ccc(OCCCC(=O)Nc2nc3ccccc3s2)cc1. The Labute approximate surface area is 150 Å². The predicted molar refractivity (Wildman–Crippen MR) is 101 cm³/mol. The Morgan fingerprint density at radius 2 is 1.80 bits per heavy atom. The van der Waals surface area contributed by atoms with Gasteiger partial charge < -0.3 is 14.8 Å². The number of benzene rings is 2. The zero-order valence-corrected chi connectivity index (χ0v) is 14.8. The van der Waals surface area contributed by atoms with Gasteiger partial charge >= 0.3 is 0 Å². The molecule has 3 aromatic rings. The van der Waals surface area contributed by atoms with Gasteiger partial charge in [0.25, 0.3) is 0 Å². The molecule has 0 unspecified atom stereocenters. The fraction of sp³-hybridized carbons (Fsp3) is 0.263. The second kappa shape index (κ2) is 8.48. The van der Waals surface area contributed by atoms with E-state index in [2.05, 4.69) is 10.3 Å². The van der Waals surface area contributed by atoms with Crippen molar-refractivity contribution in [2.24, 2.45) is 0 Å². The lowest BCUT2D eigenvalue weighted by Gasteiger charge is -2.07. The van der Waals surface area contributed by atoms with E-state index in [9.17, 15) is 4.79 Å². The van der Waals surface area contributed by atoms with E-state index in [1.807, 2.05) is 55.5 Å². The van der Waals surface area contributed by atoms with Gasteiger partial charge in [-0.25, -0.2) is 4.98 Å². The molecule has 1 amide bonds. The summed E-state index contributed by atoms with van der Waals surface area (Å²) in [6.07, 6.45) is 1.04. The molecule has 6 heteroatoms. The van der Waals surface area contributed by atoms with Crippen molar-refractivity contribution in [3.63, 3.8) is 0 Å². The van der Waals surface area contributed by atoms with Gasteiger partial charge in [-0.2, -0.15) is 0 Å². The number of ether oxygens (including phenoxy) is 2. The molecule has 0 saturated heterocycles. The number of fused-ring (bicyclic) bond motifs is 1. The number of hydrogen-bond donors (Lipinski definition) is 1. The quantitative estimate of drug-likeness (QED) is 0.604. The van der Waals surface area contributed by atoms with Crippen molar-refractivity contribution in [3.05, 3.63) is 48.5 Å². The normalized spacial score (nSPS) is 10.6. The van der Waals surface area contributed by atoms with Crippen LogP contribution in [0.1, 0.15) is 19.8 Å². The van der Waals surface area contributed by atoms with Crippen LogP contribution in [0.2, 0.25) is 0 Å². The van der Waals surface area contributed by atoms with Crippen LogP contribution in [0.5, 0.6) is 11.5 Å². The first-order valence-electron chi connectivity index (χ1n) is 8.25. The molecular weight excluding hydrogens is 336 g/mol. The maximum absolute atomic E-state index is 12.0. The summed E-state index contributed by atoms with van der Waals surface area (Å²) in [6, 6.07) is 15.3. The first-order valence-corrected chi connectivity index (χ1v) is 9.07. The molecule has 3 rings (SSSR count). The molecule has 0 aliphatic heterocycles. The first kappa shape index (κ1) is 17.2. The molecule has 0 aliphatic rings. The third kappa shape index (κ3) is 4.93. The maximum atomic E-state index is 12.0. The molecule has 0 radical (unpaired) electrons. The highest BCUT2D eigenvalue weighted by atomic mass is 32.1. The van der Waals surface area contributed by atoms with Crippen molar-refractivity contribution in [2.45, 2.75) is 19.8 Å². The van der Waals surface area contributed by atoms with Gasteiger partial charge in [-0.15, -0.1) is 0 Å². The van der Waals surface area contributed by atoms with Crippen molar-refractivity contribution >= 4 is 32.6 Å². The Hall–Kier alpha value is -2.60. The van der Waals surface area contributed by atoms with Gasteiger partial charge in [0.1, 0.15) is 11.5 Å². The lowest BCUT2D eigenvalue weighted by molar-refractivity contribution is -0.116. The first-order chi connectivity index (χ1) is 12.2. The van der Waals surface area contributed by atoms with Crippen LogP contribution in [0.25, 0.3) is 10.2 Å². The van der Waals surface area contributed by atoms with Crippen LogP contribution in [-0.4, -0.2) is 24.1 Å². The zero-order valence-electron chi connectivity index (χ0n) is 14.0. The topological polar surface area (TPSA) is 60.5 Å². The van der Waals surface area contributed by atoms with Crippen LogP contribution in [0, 0.1) is 0 Å². The molecule has 0 saturated carbocycles. The Morgan fingerprint density at radius 3 is 2.52 bits per heavy atom. The second-order valence-corrected chi connectivity index (χ2v) is 6.42. The summed E-state index contributed by atoms with van der Waals surface area (Å²) in [5, 5.41) is 3.49. The summed E-state index contributed by atoms with van der Waals surface area (Å²) in [5.74, 6) is 1.55. The summed E-state index contributed by atoms with van der Waals surface area (Å²) >= 11 is 1.48. The minimum absolute atomic E-state index is 0.0469. The number of carbonyl (C=O) groups excluding carboxylic acids is 1. The highest BCUT2D eigenvalue weighted by Gasteiger charge is 2.07. The number of amides is 1. The molecular formula is C19H20N2O3S. The number of rotatable bonds is 8. The molecule has 0 bridgehead atoms. The van der Waals surface area contributed by atoms with Gasteiger partial charge in [0.05, 0.1) is 23.4 Å².